The van der Waals surface area contributed by atoms with Crippen LogP contribution in [-0.4, -0.2) is 23.4 Å². The summed E-state index contributed by atoms with van der Waals surface area (Å²) in [7, 11) is 1.70. The summed E-state index contributed by atoms with van der Waals surface area (Å²) in [4.78, 5) is 0. The third-order valence-electron chi connectivity index (χ3n) is 2.69. The van der Waals surface area contributed by atoms with Gasteiger partial charge in [0.2, 0.25) is 0 Å². The highest BCUT2D eigenvalue weighted by Crippen LogP contribution is 2.11. The van der Waals surface area contributed by atoms with Gasteiger partial charge >= 0.3 is 0 Å². The van der Waals surface area contributed by atoms with Gasteiger partial charge in [0.05, 0.1) is 18.0 Å². The molecular weight excluding hydrogens is 226 g/mol. The molecule has 2 rings (SSSR count). The molecule has 0 aliphatic rings. The van der Waals surface area contributed by atoms with Gasteiger partial charge in [0.25, 0.3) is 0 Å². The van der Waals surface area contributed by atoms with Crippen LogP contribution in [0.5, 0.6) is 0 Å². The van der Waals surface area contributed by atoms with Gasteiger partial charge in [-0.15, -0.1) is 0 Å². The minimum atomic E-state index is 0.624. The molecule has 0 radical (unpaired) electrons. The van der Waals surface area contributed by atoms with E-state index in [2.05, 4.69) is 29.5 Å². The van der Waals surface area contributed by atoms with Crippen molar-refractivity contribution in [2.24, 2.45) is 0 Å². The van der Waals surface area contributed by atoms with Crippen molar-refractivity contribution < 1.29 is 4.74 Å². The highest BCUT2D eigenvalue weighted by Gasteiger charge is 2.01. The second-order valence-corrected chi connectivity index (χ2v) is 4.13. The van der Waals surface area contributed by atoms with Crippen molar-refractivity contribution in [3.05, 3.63) is 47.8 Å². The SMILES string of the molecule is CCNCc1ccn(-c2cccc(COC)c2)n1. The van der Waals surface area contributed by atoms with Crippen LogP contribution >= 0.6 is 0 Å². The van der Waals surface area contributed by atoms with Crippen LogP contribution < -0.4 is 5.32 Å². The van der Waals surface area contributed by atoms with Crippen LogP contribution in [0.2, 0.25) is 0 Å². The Labute approximate surface area is 108 Å². The average Bonchev–Trinajstić information content (AvgIpc) is 2.86. The lowest BCUT2D eigenvalue weighted by atomic mass is 10.2. The standard InChI is InChI=1S/C14H19N3O/c1-3-15-10-13-7-8-17(16-13)14-6-4-5-12(9-14)11-18-2/h4-9,15H,3,10-11H2,1-2H3. The number of hydrogen-bond donors (Lipinski definition) is 1. The Morgan fingerprint density at radius 1 is 1.33 bits per heavy atom. The van der Waals surface area contributed by atoms with E-state index in [1.165, 1.54) is 0 Å². The van der Waals surface area contributed by atoms with Gasteiger partial charge in [0.1, 0.15) is 0 Å². The first-order valence-corrected chi connectivity index (χ1v) is 6.17. The highest BCUT2D eigenvalue weighted by molar-refractivity contribution is 5.35. The van der Waals surface area contributed by atoms with Gasteiger partial charge in [-0.05, 0) is 30.3 Å². The molecule has 2 aromatic rings. The van der Waals surface area contributed by atoms with E-state index in [1.807, 2.05) is 29.1 Å². The van der Waals surface area contributed by atoms with Crippen molar-refractivity contribution in [2.75, 3.05) is 13.7 Å². The Bertz CT molecular complexity index is 493. The van der Waals surface area contributed by atoms with Gasteiger partial charge in [-0.3, -0.25) is 0 Å². The maximum atomic E-state index is 5.14. The molecule has 0 atom stereocenters. The topological polar surface area (TPSA) is 39.1 Å². The smallest absolute Gasteiger partial charge is 0.0766 e. The van der Waals surface area contributed by atoms with E-state index in [-0.39, 0.29) is 0 Å². The molecule has 0 unspecified atom stereocenters. The molecule has 0 saturated heterocycles. The zero-order valence-electron chi connectivity index (χ0n) is 10.9. The molecule has 1 aromatic heterocycles. The second-order valence-electron chi connectivity index (χ2n) is 4.13. The number of ether oxygens (including phenoxy) is 1. The molecule has 18 heavy (non-hydrogen) atoms. The third kappa shape index (κ3) is 3.18. The minimum Gasteiger partial charge on any atom is -0.380 e. The van der Waals surface area contributed by atoms with Crippen molar-refractivity contribution >= 4 is 0 Å². The fraction of sp³-hybridized carbons (Fsp3) is 0.357. The number of nitrogens with zero attached hydrogens (tertiary/aromatic N) is 2. The molecule has 0 spiro atoms. The Hall–Kier alpha value is -1.65. The normalized spacial score (nSPS) is 10.8. The summed E-state index contributed by atoms with van der Waals surface area (Å²) in [5, 5.41) is 7.80. The first kappa shape index (κ1) is 12.8. The minimum absolute atomic E-state index is 0.624. The van der Waals surface area contributed by atoms with E-state index in [9.17, 15) is 0 Å². The van der Waals surface area contributed by atoms with Gasteiger partial charge in [0.15, 0.2) is 0 Å². The summed E-state index contributed by atoms with van der Waals surface area (Å²) < 4.78 is 7.03. The molecule has 1 heterocycles. The Morgan fingerprint density at radius 3 is 3.00 bits per heavy atom. The van der Waals surface area contributed by atoms with Crippen LogP contribution in [0.25, 0.3) is 5.69 Å². The molecule has 4 heteroatoms. The zero-order chi connectivity index (χ0) is 12.8. The summed E-state index contributed by atoms with van der Waals surface area (Å²) >= 11 is 0. The molecule has 0 bridgehead atoms. The van der Waals surface area contributed by atoms with Gasteiger partial charge in [0, 0.05) is 19.9 Å². The Morgan fingerprint density at radius 2 is 2.22 bits per heavy atom. The van der Waals surface area contributed by atoms with Crippen LogP contribution in [0.15, 0.2) is 36.5 Å². The van der Waals surface area contributed by atoms with E-state index in [1.54, 1.807) is 7.11 Å². The molecular formula is C14H19N3O. The van der Waals surface area contributed by atoms with E-state index >= 15 is 0 Å². The maximum Gasteiger partial charge on any atom is 0.0766 e. The van der Waals surface area contributed by atoms with Gasteiger partial charge < -0.3 is 10.1 Å². The predicted molar refractivity (Wildman–Crippen MR) is 71.7 cm³/mol. The van der Waals surface area contributed by atoms with Crippen molar-refractivity contribution in [3.63, 3.8) is 0 Å². The second kappa shape index (κ2) is 6.33. The van der Waals surface area contributed by atoms with Crippen molar-refractivity contribution in [1.29, 1.82) is 0 Å². The van der Waals surface area contributed by atoms with Gasteiger partial charge in [-0.1, -0.05) is 19.1 Å². The average molecular weight is 245 g/mol. The number of aromatic nitrogens is 2. The summed E-state index contributed by atoms with van der Waals surface area (Å²) in [5.41, 5.74) is 3.26. The predicted octanol–water partition coefficient (Wildman–Crippen LogP) is 2.13. The summed E-state index contributed by atoms with van der Waals surface area (Å²) in [6, 6.07) is 10.2. The lowest BCUT2D eigenvalue weighted by Crippen LogP contribution is -2.12. The van der Waals surface area contributed by atoms with Crippen LogP contribution in [0.1, 0.15) is 18.2 Å². The molecule has 1 N–H and O–H groups in total. The summed E-state index contributed by atoms with van der Waals surface area (Å²) in [6.07, 6.45) is 1.98. The number of methoxy groups -OCH3 is 1. The molecule has 0 fully saturated rings. The Balaban J connectivity index is 2.15. The fourth-order valence-corrected chi connectivity index (χ4v) is 1.81. The lowest BCUT2D eigenvalue weighted by molar-refractivity contribution is 0.185. The molecule has 4 nitrogen and oxygen atoms in total. The van der Waals surface area contributed by atoms with Crippen molar-refractivity contribution in [3.8, 4) is 5.69 Å². The fourth-order valence-electron chi connectivity index (χ4n) is 1.81. The monoisotopic (exact) mass is 245 g/mol. The lowest BCUT2D eigenvalue weighted by Gasteiger charge is -2.04. The van der Waals surface area contributed by atoms with Crippen LogP contribution in [0.4, 0.5) is 0 Å². The highest BCUT2D eigenvalue weighted by atomic mass is 16.5. The first-order valence-electron chi connectivity index (χ1n) is 6.17. The van der Waals surface area contributed by atoms with Gasteiger partial charge in [-0.25, -0.2) is 4.68 Å². The molecule has 0 saturated carbocycles. The number of benzene rings is 1. The van der Waals surface area contributed by atoms with E-state index in [0.717, 1.165) is 30.0 Å². The molecule has 0 aliphatic heterocycles. The largest absolute Gasteiger partial charge is 0.380 e. The molecule has 0 aliphatic carbocycles. The quantitative estimate of drug-likeness (QED) is 0.847. The van der Waals surface area contributed by atoms with Crippen LogP contribution in [0, 0.1) is 0 Å². The molecule has 0 amide bonds. The van der Waals surface area contributed by atoms with Gasteiger partial charge in [-0.2, -0.15) is 5.10 Å². The zero-order valence-corrected chi connectivity index (χ0v) is 10.9. The molecule has 96 valence electrons. The molecule has 1 aromatic carbocycles. The number of rotatable bonds is 6. The van der Waals surface area contributed by atoms with E-state index in [0.29, 0.717) is 6.61 Å². The summed E-state index contributed by atoms with van der Waals surface area (Å²) in [6.45, 7) is 4.47. The first-order chi connectivity index (χ1) is 8.83. The number of nitrogens with one attached hydrogen (secondary N) is 1. The maximum absolute atomic E-state index is 5.14. The van der Waals surface area contributed by atoms with Crippen molar-refractivity contribution in [2.45, 2.75) is 20.1 Å². The van der Waals surface area contributed by atoms with Crippen molar-refractivity contribution in [1.82, 2.24) is 15.1 Å². The Kier molecular flexibility index (Phi) is 4.50. The van der Waals surface area contributed by atoms with E-state index < -0.39 is 0 Å². The summed E-state index contributed by atoms with van der Waals surface area (Å²) in [5.74, 6) is 0. The third-order valence-corrected chi connectivity index (χ3v) is 2.69. The number of hydrogen-bond acceptors (Lipinski definition) is 3. The van der Waals surface area contributed by atoms with Crippen LogP contribution in [0.3, 0.4) is 0 Å². The van der Waals surface area contributed by atoms with Crippen LogP contribution in [-0.2, 0) is 17.9 Å². The van der Waals surface area contributed by atoms with E-state index in [4.69, 9.17) is 4.74 Å².